The van der Waals surface area contributed by atoms with E-state index in [1.807, 2.05) is 20.8 Å². The number of hydrogen-bond acceptors (Lipinski definition) is 4. The molecule has 3 atom stereocenters. The highest BCUT2D eigenvalue weighted by Crippen LogP contribution is 2.11. The van der Waals surface area contributed by atoms with Gasteiger partial charge in [-0.25, -0.2) is 0 Å². The zero-order valence-electron chi connectivity index (χ0n) is 10.9. The molecular formula is C10H24O4Si. The molecule has 0 radical (unpaired) electrons. The number of hydrogen-bond donors (Lipinski definition) is 0. The Kier molecular flexibility index (Phi) is 6.62. The minimum absolute atomic E-state index is 0.240. The molecule has 0 spiro atoms. The van der Waals surface area contributed by atoms with Crippen molar-refractivity contribution < 1.29 is 18.6 Å². The van der Waals surface area contributed by atoms with Gasteiger partial charge in [0.15, 0.2) is 20.9 Å². The van der Waals surface area contributed by atoms with Crippen LogP contribution in [0.25, 0.3) is 0 Å². The lowest BCUT2D eigenvalue weighted by Crippen LogP contribution is -2.34. The van der Waals surface area contributed by atoms with Crippen LogP contribution in [-0.4, -0.2) is 34.3 Å². The Balaban J connectivity index is 3.81. The first-order valence-electron chi connectivity index (χ1n) is 5.26. The second kappa shape index (κ2) is 6.60. The molecule has 0 amide bonds. The van der Waals surface area contributed by atoms with Crippen molar-refractivity contribution in [3.8, 4) is 0 Å². The molecule has 0 rings (SSSR count). The van der Waals surface area contributed by atoms with E-state index >= 15 is 0 Å². The lowest BCUT2D eigenvalue weighted by atomic mass is 10.6. The molecule has 4 nitrogen and oxygen atoms in total. The lowest BCUT2D eigenvalue weighted by Gasteiger charge is -2.27. The Morgan fingerprint density at radius 3 is 1.67 bits per heavy atom. The predicted molar refractivity (Wildman–Crippen MR) is 62.0 cm³/mol. The van der Waals surface area contributed by atoms with Crippen LogP contribution in [-0.2, 0) is 18.6 Å². The van der Waals surface area contributed by atoms with Gasteiger partial charge < -0.3 is 18.6 Å². The van der Waals surface area contributed by atoms with E-state index in [2.05, 4.69) is 19.6 Å². The first-order chi connectivity index (χ1) is 6.74. The summed E-state index contributed by atoms with van der Waals surface area (Å²) in [6, 6.07) is 0. The van der Waals surface area contributed by atoms with Gasteiger partial charge in [-0.3, -0.25) is 0 Å². The summed E-state index contributed by atoms with van der Waals surface area (Å²) in [5.74, 6) is 0. The normalized spacial score (nSPS) is 18.6. The van der Waals surface area contributed by atoms with Gasteiger partial charge in [0.25, 0.3) is 0 Å². The summed E-state index contributed by atoms with van der Waals surface area (Å²) in [6.45, 7) is 11.9. The van der Waals surface area contributed by atoms with Gasteiger partial charge in [0.1, 0.15) is 6.29 Å². The molecule has 15 heavy (non-hydrogen) atoms. The average Bonchev–Trinajstić information content (AvgIpc) is 1.99. The quantitative estimate of drug-likeness (QED) is 0.503. The third-order valence-electron chi connectivity index (χ3n) is 1.62. The molecule has 0 aliphatic carbocycles. The largest absolute Gasteiger partial charge is 0.393 e. The van der Waals surface area contributed by atoms with Crippen molar-refractivity contribution >= 4 is 8.32 Å². The van der Waals surface area contributed by atoms with Crippen molar-refractivity contribution in [3.05, 3.63) is 0 Å². The van der Waals surface area contributed by atoms with Crippen molar-refractivity contribution in [2.75, 3.05) is 7.11 Å². The molecule has 0 heterocycles. The van der Waals surface area contributed by atoms with E-state index in [4.69, 9.17) is 18.6 Å². The lowest BCUT2D eigenvalue weighted by molar-refractivity contribution is -0.261. The van der Waals surface area contributed by atoms with Crippen LogP contribution in [0.3, 0.4) is 0 Å². The van der Waals surface area contributed by atoms with Crippen LogP contribution in [0.2, 0.25) is 19.6 Å². The van der Waals surface area contributed by atoms with Crippen molar-refractivity contribution in [2.45, 2.75) is 59.3 Å². The van der Waals surface area contributed by atoms with Crippen LogP contribution in [0.5, 0.6) is 0 Å². The Bertz CT molecular complexity index is 169. The second-order valence-electron chi connectivity index (χ2n) is 4.44. The molecule has 0 saturated heterocycles. The molecule has 0 aromatic rings. The van der Waals surface area contributed by atoms with Gasteiger partial charge in [0.2, 0.25) is 0 Å². The number of methoxy groups -OCH3 is 1. The molecule has 0 saturated carbocycles. The Hall–Kier alpha value is 0.0569. The van der Waals surface area contributed by atoms with Crippen molar-refractivity contribution in [1.82, 2.24) is 0 Å². The fraction of sp³-hybridized carbons (Fsp3) is 1.00. The monoisotopic (exact) mass is 236 g/mol. The van der Waals surface area contributed by atoms with Gasteiger partial charge >= 0.3 is 0 Å². The van der Waals surface area contributed by atoms with E-state index in [0.29, 0.717) is 0 Å². The van der Waals surface area contributed by atoms with Gasteiger partial charge in [-0.1, -0.05) is 0 Å². The summed E-state index contributed by atoms with van der Waals surface area (Å²) in [6.07, 6.45) is -0.832. The maximum Gasteiger partial charge on any atom is 0.187 e. The van der Waals surface area contributed by atoms with Crippen molar-refractivity contribution in [3.63, 3.8) is 0 Å². The summed E-state index contributed by atoms with van der Waals surface area (Å²) in [5, 5.41) is 0. The van der Waals surface area contributed by atoms with Crippen LogP contribution < -0.4 is 0 Å². The Morgan fingerprint density at radius 2 is 1.27 bits per heavy atom. The first-order valence-corrected chi connectivity index (χ1v) is 8.67. The predicted octanol–water partition coefficient (Wildman–Crippen LogP) is 2.56. The van der Waals surface area contributed by atoms with Crippen LogP contribution in [0.1, 0.15) is 20.8 Å². The van der Waals surface area contributed by atoms with E-state index in [1.54, 1.807) is 7.11 Å². The molecule has 0 aromatic heterocycles. The van der Waals surface area contributed by atoms with E-state index < -0.39 is 8.32 Å². The van der Waals surface area contributed by atoms with Crippen molar-refractivity contribution in [1.29, 1.82) is 0 Å². The van der Waals surface area contributed by atoms with Gasteiger partial charge in [-0.15, -0.1) is 0 Å². The first kappa shape index (κ1) is 15.1. The summed E-state index contributed by atoms with van der Waals surface area (Å²) in [7, 11) is 0.0494. The van der Waals surface area contributed by atoms with Crippen LogP contribution >= 0.6 is 0 Å². The second-order valence-corrected chi connectivity index (χ2v) is 8.90. The third-order valence-corrected chi connectivity index (χ3v) is 2.66. The smallest absolute Gasteiger partial charge is 0.187 e. The SMILES string of the molecule is COC(C)OC(C)OC(C)O[Si](C)(C)C. The zero-order valence-corrected chi connectivity index (χ0v) is 11.9. The van der Waals surface area contributed by atoms with Gasteiger partial charge in [-0.05, 0) is 40.4 Å². The maximum atomic E-state index is 5.72. The minimum Gasteiger partial charge on any atom is -0.393 e. The molecule has 0 bridgehead atoms. The van der Waals surface area contributed by atoms with Crippen LogP contribution in [0, 0.1) is 0 Å². The van der Waals surface area contributed by atoms with Crippen LogP contribution in [0.4, 0.5) is 0 Å². The minimum atomic E-state index is -1.55. The third kappa shape index (κ3) is 9.01. The number of rotatable bonds is 7. The van der Waals surface area contributed by atoms with Gasteiger partial charge in [0, 0.05) is 7.11 Å². The topological polar surface area (TPSA) is 36.9 Å². The molecular weight excluding hydrogens is 212 g/mol. The van der Waals surface area contributed by atoms with Crippen molar-refractivity contribution in [2.24, 2.45) is 0 Å². The van der Waals surface area contributed by atoms with E-state index in [1.165, 1.54) is 0 Å². The average molecular weight is 236 g/mol. The Labute approximate surface area is 94.0 Å². The molecule has 0 fully saturated rings. The highest BCUT2D eigenvalue weighted by atomic mass is 28.4. The van der Waals surface area contributed by atoms with Gasteiger partial charge in [-0.2, -0.15) is 0 Å². The standard InChI is InChI=1S/C10H24O4Si/c1-8(11-4)12-9(2)13-10(3)14-15(5,6)7/h8-10H,1-7H3. The Morgan fingerprint density at radius 1 is 0.800 bits per heavy atom. The highest BCUT2D eigenvalue weighted by Gasteiger charge is 2.20. The molecule has 92 valence electrons. The molecule has 0 aliphatic heterocycles. The molecule has 5 heteroatoms. The fourth-order valence-corrected chi connectivity index (χ4v) is 2.20. The van der Waals surface area contributed by atoms with E-state index in [0.717, 1.165) is 0 Å². The van der Waals surface area contributed by atoms with E-state index in [-0.39, 0.29) is 18.9 Å². The summed E-state index contributed by atoms with van der Waals surface area (Å²) in [5.41, 5.74) is 0. The molecule has 0 N–H and O–H groups in total. The zero-order chi connectivity index (χ0) is 12.1. The summed E-state index contributed by atoms with van der Waals surface area (Å²) >= 11 is 0. The molecule has 0 aromatic carbocycles. The maximum absolute atomic E-state index is 5.72. The highest BCUT2D eigenvalue weighted by molar-refractivity contribution is 6.69. The summed E-state index contributed by atoms with van der Waals surface area (Å²) < 4.78 is 21.6. The van der Waals surface area contributed by atoms with Crippen LogP contribution in [0.15, 0.2) is 0 Å². The van der Waals surface area contributed by atoms with E-state index in [9.17, 15) is 0 Å². The number of ether oxygens (including phenoxy) is 3. The fourth-order valence-electron chi connectivity index (χ4n) is 1.15. The summed E-state index contributed by atoms with van der Waals surface area (Å²) in [4.78, 5) is 0. The molecule has 0 aliphatic rings. The van der Waals surface area contributed by atoms with Gasteiger partial charge in [0.05, 0.1) is 0 Å². The molecule has 3 unspecified atom stereocenters.